The van der Waals surface area contributed by atoms with E-state index in [9.17, 15) is 14.4 Å². The van der Waals surface area contributed by atoms with Gasteiger partial charge in [0.2, 0.25) is 5.75 Å². The van der Waals surface area contributed by atoms with Crippen LogP contribution >= 0.6 is 0 Å². The largest absolute Gasteiger partial charge is 0.493 e. The molecule has 9 nitrogen and oxygen atoms in total. The number of amides is 1. The van der Waals surface area contributed by atoms with Crippen LogP contribution in [0.25, 0.3) is 0 Å². The van der Waals surface area contributed by atoms with Gasteiger partial charge in [-0.1, -0.05) is 0 Å². The SMILES string of the molecule is COc1cc(CNC(=O)COC(=O)c2ccc[nH]c2=O)cc(OC)c1OC. The molecule has 0 radical (unpaired) electrons. The molecule has 2 rings (SSSR count). The van der Waals surface area contributed by atoms with E-state index in [1.54, 1.807) is 12.1 Å². The lowest BCUT2D eigenvalue weighted by Gasteiger charge is -2.14. The Kier molecular flexibility index (Phi) is 6.81. The Hall–Kier alpha value is -3.49. The molecule has 2 N–H and O–H groups in total. The molecule has 1 heterocycles. The van der Waals surface area contributed by atoms with Gasteiger partial charge < -0.3 is 29.2 Å². The highest BCUT2D eigenvalue weighted by atomic mass is 16.5. The van der Waals surface area contributed by atoms with Crippen molar-refractivity contribution < 1.29 is 28.5 Å². The number of benzene rings is 1. The van der Waals surface area contributed by atoms with Gasteiger partial charge in [-0.15, -0.1) is 0 Å². The van der Waals surface area contributed by atoms with Gasteiger partial charge in [0.1, 0.15) is 5.56 Å². The van der Waals surface area contributed by atoms with Crippen LogP contribution in [0.4, 0.5) is 0 Å². The number of methoxy groups -OCH3 is 3. The maximum absolute atomic E-state index is 11.9. The first kappa shape index (κ1) is 19.8. The smallest absolute Gasteiger partial charge is 0.344 e. The summed E-state index contributed by atoms with van der Waals surface area (Å²) in [4.78, 5) is 37.6. The summed E-state index contributed by atoms with van der Waals surface area (Å²) in [7, 11) is 4.47. The summed E-state index contributed by atoms with van der Waals surface area (Å²) in [6.07, 6.45) is 1.39. The number of hydrogen-bond acceptors (Lipinski definition) is 7. The van der Waals surface area contributed by atoms with E-state index in [2.05, 4.69) is 10.3 Å². The molecular formula is C18H20N2O7. The van der Waals surface area contributed by atoms with Gasteiger partial charge in [-0.25, -0.2) is 4.79 Å². The lowest BCUT2D eigenvalue weighted by atomic mass is 10.1. The average Bonchev–Trinajstić information content (AvgIpc) is 2.69. The first-order valence-electron chi connectivity index (χ1n) is 7.90. The molecular weight excluding hydrogens is 356 g/mol. The topological polar surface area (TPSA) is 116 Å². The Balaban J connectivity index is 1.95. The van der Waals surface area contributed by atoms with Crippen LogP contribution in [0.3, 0.4) is 0 Å². The maximum atomic E-state index is 11.9. The molecule has 2 aromatic rings. The average molecular weight is 376 g/mol. The van der Waals surface area contributed by atoms with E-state index in [0.29, 0.717) is 22.8 Å². The number of aromatic nitrogens is 1. The lowest BCUT2D eigenvalue weighted by molar-refractivity contribution is -0.124. The maximum Gasteiger partial charge on any atom is 0.344 e. The second-order valence-corrected chi connectivity index (χ2v) is 5.30. The molecule has 0 unspecified atom stereocenters. The van der Waals surface area contributed by atoms with Crippen molar-refractivity contribution >= 4 is 11.9 Å². The molecule has 0 spiro atoms. The number of carbonyl (C=O) groups is 2. The van der Waals surface area contributed by atoms with Crippen molar-refractivity contribution in [1.29, 1.82) is 0 Å². The molecule has 0 fully saturated rings. The van der Waals surface area contributed by atoms with Crippen LogP contribution in [0.1, 0.15) is 15.9 Å². The Bertz CT molecular complexity index is 851. The second-order valence-electron chi connectivity index (χ2n) is 5.30. The van der Waals surface area contributed by atoms with E-state index in [0.717, 1.165) is 0 Å². The number of pyridine rings is 1. The van der Waals surface area contributed by atoms with Crippen molar-refractivity contribution in [2.75, 3.05) is 27.9 Å². The Morgan fingerprint density at radius 3 is 2.30 bits per heavy atom. The molecule has 0 aliphatic rings. The van der Waals surface area contributed by atoms with Crippen molar-refractivity contribution in [1.82, 2.24) is 10.3 Å². The van der Waals surface area contributed by atoms with E-state index in [1.807, 2.05) is 0 Å². The standard InChI is InChI=1S/C18H20N2O7/c1-24-13-7-11(8-14(25-2)16(13)26-3)9-20-15(21)10-27-18(23)12-5-4-6-19-17(12)22/h4-8H,9-10H2,1-3H3,(H,19,22)(H,20,21). The molecule has 0 bridgehead atoms. The van der Waals surface area contributed by atoms with Crippen LogP contribution in [-0.2, 0) is 16.1 Å². The summed E-state index contributed by atoms with van der Waals surface area (Å²) < 4.78 is 20.6. The lowest BCUT2D eigenvalue weighted by Crippen LogP contribution is -2.29. The number of H-pyrrole nitrogens is 1. The highest BCUT2D eigenvalue weighted by Gasteiger charge is 2.15. The molecule has 1 amide bonds. The van der Waals surface area contributed by atoms with Gasteiger partial charge in [0, 0.05) is 12.7 Å². The summed E-state index contributed by atoms with van der Waals surface area (Å²) in [5.41, 5.74) is -0.0565. The molecule has 9 heteroatoms. The van der Waals surface area contributed by atoms with Gasteiger partial charge in [-0.05, 0) is 29.8 Å². The third-order valence-corrected chi connectivity index (χ3v) is 3.59. The number of aromatic amines is 1. The first-order chi connectivity index (χ1) is 13.0. The number of ether oxygens (including phenoxy) is 4. The fraction of sp³-hybridized carbons (Fsp3) is 0.278. The normalized spacial score (nSPS) is 10.0. The number of rotatable bonds is 8. The van der Waals surface area contributed by atoms with Gasteiger partial charge >= 0.3 is 5.97 Å². The van der Waals surface area contributed by atoms with Crippen LogP contribution in [0, 0.1) is 0 Å². The van der Waals surface area contributed by atoms with Crippen molar-refractivity contribution in [3.05, 3.63) is 51.9 Å². The summed E-state index contributed by atoms with van der Waals surface area (Å²) in [6.45, 7) is -0.364. The summed E-state index contributed by atoms with van der Waals surface area (Å²) in [5, 5.41) is 2.61. The zero-order valence-electron chi connectivity index (χ0n) is 15.2. The minimum absolute atomic E-state index is 0.152. The highest BCUT2D eigenvalue weighted by Crippen LogP contribution is 2.38. The second kappa shape index (κ2) is 9.27. The summed E-state index contributed by atoms with van der Waals surface area (Å²) in [6, 6.07) is 6.19. The van der Waals surface area contributed by atoms with Crippen LogP contribution in [0.5, 0.6) is 17.2 Å². The molecule has 1 aromatic heterocycles. The third kappa shape index (κ3) is 5.00. The summed E-state index contributed by atoms with van der Waals surface area (Å²) >= 11 is 0. The Labute approximate surface area is 155 Å². The van der Waals surface area contributed by atoms with Gasteiger partial charge in [0.25, 0.3) is 11.5 Å². The van der Waals surface area contributed by atoms with Crippen molar-refractivity contribution in [3.8, 4) is 17.2 Å². The Morgan fingerprint density at radius 1 is 1.07 bits per heavy atom. The molecule has 0 saturated carbocycles. The number of esters is 1. The quantitative estimate of drug-likeness (QED) is 0.657. The van der Waals surface area contributed by atoms with Crippen LogP contribution in [-0.4, -0.2) is 44.8 Å². The fourth-order valence-corrected chi connectivity index (χ4v) is 2.28. The van der Waals surface area contributed by atoms with Gasteiger partial charge in [-0.2, -0.15) is 0 Å². The minimum Gasteiger partial charge on any atom is -0.493 e. The number of nitrogens with one attached hydrogen (secondary N) is 2. The van der Waals surface area contributed by atoms with Gasteiger partial charge in [0.15, 0.2) is 18.1 Å². The first-order valence-corrected chi connectivity index (χ1v) is 7.90. The minimum atomic E-state index is -0.875. The molecule has 144 valence electrons. The van der Waals surface area contributed by atoms with E-state index in [1.165, 1.54) is 39.7 Å². The molecule has 1 aromatic carbocycles. The fourth-order valence-electron chi connectivity index (χ4n) is 2.28. The summed E-state index contributed by atoms with van der Waals surface area (Å²) in [5.74, 6) is -0.0482. The van der Waals surface area contributed by atoms with Crippen LogP contribution < -0.4 is 25.1 Å². The van der Waals surface area contributed by atoms with Crippen molar-refractivity contribution in [3.63, 3.8) is 0 Å². The monoisotopic (exact) mass is 376 g/mol. The highest BCUT2D eigenvalue weighted by molar-refractivity contribution is 5.90. The van der Waals surface area contributed by atoms with Gasteiger partial charge in [0.05, 0.1) is 21.3 Å². The van der Waals surface area contributed by atoms with Gasteiger partial charge in [-0.3, -0.25) is 9.59 Å². The zero-order chi connectivity index (χ0) is 19.8. The van der Waals surface area contributed by atoms with Crippen molar-refractivity contribution in [2.45, 2.75) is 6.54 Å². The zero-order valence-corrected chi connectivity index (χ0v) is 15.2. The van der Waals surface area contributed by atoms with E-state index in [-0.39, 0.29) is 12.1 Å². The molecule has 27 heavy (non-hydrogen) atoms. The van der Waals surface area contributed by atoms with E-state index < -0.39 is 24.0 Å². The molecule has 0 aliphatic heterocycles. The molecule has 0 atom stereocenters. The third-order valence-electron chi connectivity index (χ3n) is 3.59. The Morgan fingerprint density at radius 2 is 1.74 bits per heavy atom. The molecule has 0 saturated heterocycles. The number of hydrogen-bond donors (Lipinski definition) is 2. The van der Waals surface area contributed by atoms with E-state index in [4.69, 9.17) is 18.9 Å². The van der Waals surface area contributed by atoms with Crippen LogP contribution in [0.15, 0.2) is 35.3 Å². The van der Waals surface area contributed by atoms with E-state index >= 15 is 0 Å². The van der Waals surface area contributed by atoms with Crippen molar-refractivity contribution in [2.24, 2.45) is 0 Å². The predicted molar refractivity (Wildman–Crippen MR) is 95.3 cm³/mol. The predicted octanol–water partition coefficient (Wildman–Crippen LogP) is 0.874. The molecule has 0 aliphatic carbocycles. The number of carbonyl (C=O) groups excluding carboxylic acids is 2. The van der Waals surface area contributed by atoms with Crippen LogP contribution in [0.2, 0.25) is 0 Å².